The first-order chi connectivity index (χ1) is 15.3. The molecule has 0 saturated carbocycles. The first kappa shape index (κ1) is 24.6. The Kier molecular flexibility index (Phi) is 8.93. The SMILES string of the molecule is CCOC(=O)/C=C1/NC(=O)N(CCCCCCN2C(=O)N/C(=C/C(=O)OCC)C2=O)C1=O. The van der Waals surface area contributed by atoms with E-state index in [1.807, 2.05) is 0 Å². The molecule has 2 rings (SSSR count). The van der Waals surface area contributed by atoms with Crippen molar-refractivity contribution in [3.8, 4) is 0 Å². The van der Waals surface area contributed by atoms with Crippen LogP contribution in [0.2, 0.25) is 0 Å². The fourth-order valence-corrected chi connectivity index (χ4v) is 3.05. The van der Waals surface area contributed by atoms with E-state index >= 15 is 0 Å². The second kappa shape index (κ2) is 11.6. The van der Waals surface area contributed by atoms with Crippen LogP contribution in [0.4, 0.5) is 9.59 Å². The Bertz CT molecular complexity index is 794. The van der Waals surface area contributed by atoms with Gasteiger partial charge in [-0.05, 0) is 26.7 Å². The number of esters is 2. The van der Waals surface area contributed by atoms with Crippen molar-refractivity contribution < 1.29 is 38.2 Å². The zero-order chi connectivity index (χ0) is 23.7. The molecule has 2 saturated heterocycles. The Morgan fingerprint density at radius 3 is 1.44 bits per heavy atom. The Labute approximate surface area is 184 Å². The molecule has 0 aromatic carbocycles. The van der Waals surface area contributed by atoms with Crippen molar-refractivity contribution in [2.75, 3.05) is 26.3 Å². The first-order valence-corrected chi connectivity index (χ1v) is 10.3. The van der Waals surface area contributed by atoms with Gasteiger partial charge in [0.2, 0.25) is 0 Å². The first-order valence-electron chi connectivity index (χ1n) is 10.3. The third-order valence-electron chi connectivity index (χ3n) is 4.54. The number of unbranched alkanes of at least 4 members (excludes halogenated alkanes) is 3. The second-order valence-electron chi connectivity index (χ2n) is 6.81. The van der Waals surface area contributed by atoms with E-state index in [2.05, 4.69) is 10.6 Å². The molecule has 0 aromatic heterocycles. The summed E-state index contributed by atoms with van der Waals surface area (Å²) in [6.45, 7) is 3.90. The number of nitrogens with one attached hydrogen (secondary N) is 2. The van der Waals surface area contributed by atoms with E-state index in [4.69, 9.17) is 9.47 Å². The van der Waals surface area contributed by atoms with Crippen molar-refractivity contribution in [2.24, 2.45) is 0 Å². The number of hydrogen-bond donors (Lipinski definition) is 2. The van der Waals surface area contributed by atoms with Gasteiger partial charge in [-0.3, -0.25) is 19.4 Å². The summed E-state index contributed by atoms with van der Waals surface area (Å²) in [7, 11) is 0. The summed E-state index contributed by atoms with van der Waals surface area (Å²) in [6, 6.07) is -1.21. The van der Waals surface area contributed by atoms with Gasteiger partial charge in [0, 0.05) is 13.1 Å². The molecule has 2 heterocycles. The van der Waals surface area contributed by atoms with Gasteiger partial charge in [-0.1, -0.05) is 12.8 Å². The third kappa shape index (κ3) is 6.40. The number of rotatable bonds is 11. The molecule has 0 radical (unpaired) electrons. The molecular formula is C20H26N4O8. The maximum atomic E-state index is 12.2. The fourth-order valence-electron chi connectivity index (χ4n) is 3.05. The lowest BCUT2D eigenvalue weighted by molar-refractivity contribution is -0.138. The van der Waals surface area contributed by atoms with Gasteiger partial charge >= 0.3 is 24.0 Å². The van der Waals surface area contributed by atoms with Crippen LogP contribution in [0.25, 0.3) is 0 Å². The van der Waals surface area contributed by atoms with Gasteiger partial charge in [0.15, 0.2) is 0 Å². The number of carbonyl (C=O) groups is 6. The van der Waals surface area contributed by atoms with E-state index in [0.717, 1.165) is 22.0 Å². The van der Waals surface area contributed by atoms with Crippen LogP contribution >= 0.6 is 0 Å². The monoisotopic (exact) mass is 450 g/mol. The van der Waals surface area contributed by atoms with E-state index in [-0.39, 0.29) is 37.7 Å². The van der Waals surface area contributed by atoms with E-state index in [1.54, 1.807) is 13.8 Å². The van der Waals surface area contributed by atoms with Crippen molar-refractivity contribution in [3.05, 3.63) is 23.5 Å². The number of nitrogens with zero attached hydrogens (tertiary/aromatic N) is 2. The lowest BCUT2D eigenvalue weighted by Crippen LogP contribution is -2.32. The molecule has 32 heavy (non-hydrogen) atoms. The molecule has 2 N–H and O–H groups in total. The third-order valence-corrected chi connectivity index (χ3v) is 4.54. The lowest BCUT2D eigenvalue weighted by atomic mass is 10.2. The molecule has 0 bridgehead atoms. The van der Waals surface area contributed by atoms with Crippen LogP contribution in [0, 0.1) is 0 Å². The van der Waals surface area contributed by atoms with Crippen molar-refractivity contribution >= 4 is 35.8 Å². The molecule has 0 spiro atoms. The van der Waals surface area contributed by atoms with E-state index in [0.29, 0.717) is 25.7 Å². The van der Waals surface area contributed by atoms with Crippen molar-refractivity contribution in [1.29, 1.82) is 0 Å². The van der Waals surface area contributed by atoms with E-state index in [9.17, 15) is 28.8 Å². The van der Waals surface area contributed by atoms with Gasteiger partial charge in [0.05, 0.1) is 25.4 Å². The number of imide groups is 2. The maximum absolute atomic E-state index is 12.2. The maximum Gasteiger partial charge on any atom is 0.333 e. The number of hydrogen-bond acceptors (Lipinski definition) is 8. The van der Waals surface area contributed by atoms with Crippen LogP contribution in [0.3, 0.4) is 0 Å². The predicted molar refractivity (Wildman–Crippen MR) is 108 cm³/mol. The molecule has 6 amide bonds. The molecule has 0 unspecified atom stereocenters. The Morgan fingerprint density at radius 2 is 1.09 bits per heavy atom. The summed E-state index contributed by atoms with van der Waals surface area (Å²) in [5.74, 6) is -2.61. The number of ether oxygens (including phenoxy) is 2. The van der Waals surface area contributed by atoms with Crippen molar-refractivity contribution in [3.63, 3.8) is 0 Å². The van der Waals surface area contributed by atoms with Crippen LogP contribution in [-0.4, -0.2) is 71.9 Å². The van der Waals surface area contributed by atoms with E-state index < -0.39 is 35.8 Å². The molecule has 0 aromatic rings. The quantitative estimate of drug-likeness (QED) is 0.200. The number of carbonyl (C=O) groups excluding carboxylic acids is 6. The smallest absolute Gasteiger partial charge is 0.333 e. The normalized spacial score (nSPS) is 18.4. The summed E-state index contributed by atoms with van der Waals surface area (Å²) in [4.78, 5) is 73.2. The van der Waals surface area contributed by atoms with Crippen LogP contribution in [-0.2, 0) is 28.7 Å². The number of amides is 6. The minimum atomic E-state index is -0.709. The summed E-state index contributed by atoms with van der Waals surface area (Å²) >= 11 is 0. The molecule has 12 nitrogen and oxygen atoms in total. The highest BCUT2D eigenvalue weighted by Gasteiger charge is 2.34. The summed E-state index contributed by atoms with van der Waals surface area (Å²) < 4.78 is 9.44. The minimum absolute atomic E-state index is 0.126. The van der Waals surface area contributed by atoms with Gasteiger partial charge in [0.25, 0.3) is 11.8 Å². The Balaban J connectivity index is 1.72. The fraction of sp³-hybridized carbons (Fsp3) is 0.500. The molecule has 12 heteroatoms. The van der Waals surface area contributed by atoms with Gasteiger partial charge in [-0.15, -0.1) is 0 Å². The minimum Gasteiger partial charge on any atom is -0.463 e. The molecule has 2 aliphatic heterocycles. The van der Waals surface area contributed by atoms with Gasteiger partial charge in [-0.25, -0.2) is 19.2 Å². The molecule has 0 atom stereocenters. The van der Waals surface area contributed by atoms with Gasteiger partial charge in [0.1, 0.15) is 11.4 Å². The molecular weight excluding hydrogens is 424 g/mol. The zero-order valence-electron chi connectivity index (χ0n) is 18.0. The topological polar surface area (TPSA) is 151 Å². The molecule has 0 aliphatic carbocycles. The Morgan fingerprint density at radius 1 is 0.719 bits per heavy atom. The number of urea groups is 2. The highest BCUT2D eigenvalue weighted by Crippen LogP contribution is 2.14. The average Bonchev–Trinajstić information content (AvgIpc) is 3.14. The average molecular weight is 450 g/mol. The van der Waals surface area contributed by atoms with Crippen molar-refractivity contribution in [1.82, 2.24) is 20.4 Å². The largest absolute Gasteiger partial charge is 0.463 e. The van der Waals surface area contributed by atoms with Gasteiger partial charge in [-0.2, -0.15) is 0 Å². The Hall–Kier alpha value is -3.70. The van der Waals surface area contributed by atoms with Gasteiger partial charge < -0.3 is 20.1 Å². The van der Waals surface area contributed by atoms with Crippen LogP contribution < -0.4 is 10.6 Å². The standard InChI is InChI=1S/C20H26N4O8/c1-3-31-15(25)11-13-17(27)23(19(29)21-13)9-7-5-6-8-10-24-18(28)14(22-20(24)30)12-16(26)32-4-2/h11-12H,3-10H2,1-2H3,(H,21,29)(H,22,30)/b13-11+,14-12+. The van der Waals surface area contributed by atoms with Crippen LogP contribution in [0.5, 0.6) is 0 Å². The second-order valence-corrected chi connectivity index (χ2v) is 6.81. The summed E-state index contributed by atoms with van der Waals surface area (Å²) in [5, 5.41) is 4.68. The van der Waals surface area contributed by atoms with E-state index in [1.165, 1.54) is 0 Å². The van der Waals surface area contributed by atoms with Crippen LogP contribution in [0.15, 0.2) is 23.5 Å². The molecule has 2 fully saturated rings. The summed E-state index contributed by atoms with van der Waals surface area (Å²) in [6.07, 6.45) is 4.21. The highest BCUT2D eigenvalue weighted by atomic mass is 16.5. The van der Waals surface area contributed by atoms with Crippen LogP contribution in [0.1, 0.15) is 39.5 Å². The molecule has 174 valence electrons. The van der Waals surface area contributed by atoms with Crippen molar-refractivity contribution in [2.45, 2.75) is 39.5 Å². The summed E-state index contributed by atoms with van der Waals surface area (Å²) in [5.41, 5.74) is -0.252. The molecule has 2 aliphatic rings. The zero-order valence-corrected chi connectivity index (χ0v) is 18.0. The highest BCUT2D eigenvalue weighted by molar-refractivity contribution is 6.14. The predicted octanol–water partition coefficient (Wildman–Crippen LogP) is 0.544. The lowest BCUT2D eigenvalue weighted by Gasteiger charge is -2.13.